The molecule has 1 aliphatic rings. The molecular formula is C25H31N5. The van der Waals surface area contributed by atoms with Crippen LogP contribution in [0, 0.1) is 0 Å². The Morgan fingerprint density at radius 3 is 2.40 bits per heavy atom. The van der Waals surface area contributed by atoms with Crippen molar-refractivity contribution in [1.82, 2.24) is 20.2 Å². The molecule has 1 fully saturated rings. The first-order valence-electron chi connectivity index (χ1n) is 10.9. The van der Waals surface area contributed by atoms with Crippen molar-refractivity contribution >= 4 is 5.96 Å². The Labute approximate surface area is 179 Å². The monoisotopic (exact) mass is 401 g/mol. The number of imidazole rings is 1. The third-order valence-electron chi connectivity index (χ3n) is 5.97. The number of hydrogen-bond donors (Lipinski definition) is 2. The maximum atomic E-state index is 4.53. The van der Waals surface area contributed by atoms with Gasteiger partial charge in [0, 0.05) is 32.0 Å². The number of hydrogen-bond acceptors (Lipinski definition) is 2. The number of aliphatic imine (C=N–C) groups is 1. The Hall–Kier alpha value is -3.08. The lowest BCUT2D eigenvalue weighted by atomic mass is 9.82. The molecule has 2 aromatic carbocycles. The van der Waals surface area contributed by atoms with Crippen molar-refractivity contribution in [3.05, 3.63) is 90.0 Å². The summed E-state index contributed by atoms with van der Waals surface area (Å²) in [7, 11) is 1.83. The van der Waals surface area contributed by atoms with E-state index in [2.05, 4.69) is 79.8 Å². The maximum absolute atomic E-state index is 4.53. The largest absolute Gasteiger partial charge is 0.354 e. The van der Waals surface area contributed by atoms with Crippen LogP contribution in [0.2, 0.25) is 0 Å². The zero-order chi connectivity index (χ0) is 20.6. The van der Waals surface area contributed by atoms with Crippen LogP contribution in [-0.4, -0.2) is 28.6 Å². The van der Waals surface area contributed by atoms with Crippen LogP contribution in [0.15, 0.2) is 78.0 Å². The molecule has 4 rings (SSSR count). The molecule has 1 aromatic heterocycles. The number of guanidine groups is 1. The Morgan fingerprint density at radius 2 is 1.70 bits per heavy atom. The maximum Gasteiger partial charge on any atom is 0.191 e. The topological polar surface area (TPSA) is 54.2 Å². The zero-order valence-electron chi connectivity index (χ0n) is 17.7. The molecule has 5 heteroatoms. The highest BCUT2D eigenvalue weighted by Crippen LogP contribution is 2.32. The van der Waals surface area contributed by atoms with Gasteiger partial charge in [0.15, 0.2) is 5.96 Å². The van der Waals surface area contributed by atoms with Crippen LogP contribution in [0.25, 0.3) is 0 Å². The van der Waals surface area contributed by atoms with Gasteiger partial charge in [0.2, 0.25) is 0 Å². The van der Waals surface area contributed by atoms with Gasteiger partial charge < -0.3 is 15.2 Å². The molecule has 1 heterocycles. The van der Waals surface area contributed by atoms with Gasteiger partial charge in [-0.1, -0.05) is 60.7 Å². The van der Waals surface area contributed by atoms with Crippen LogP contribution in [0.5, 0.6) is 0 Å². The van der Waals surface area contributed by atoms with E-state index in [1.807, 2.05) is 25.5 Å². The molecule has 1 aliphatic carbocycles. The predicted molar refractivity (Wildman–Crippen MR) is 123 cm³/mol. The quantitative estimate of drug-likeness (QED) is 0.478. The molecule has 0 bridgehead atoms. The smallest absolute Gasteiger partial charge is 0.191 e. The van der Waals surface area contributed by atoms with Gasteiger partial charge in [-0.3, -0.25) is 4.99 Å². The Bertz CT molecular complexity index is 924. The molecule has 0 radical (unpaired) electrons. The molecule has 156 valence electrons. The van der Waals surface area contributed by atoms with Crippen molar-refractivity contribution in [2.24, 2.45) is 4.99 Å². The van der Waals surface area contributed by atoms with Gasteiger partial charge >= 0.3 is 0 Å². The van der Waals surface area contributed by atoms with Crippen LogP contribution in [0.3, 0.4) is 0 Å². The van der Waals surface area contributed by atoms with Crippen LogP contribution in [0.4, 0.5) is 0 Å². The molecule has 3 aromatic rings. The Balaban J connectivity index is 1.27. The molecule has 0 amide bonds. The summed E-state index contributed by atoms with van der Waals surface area (Å²) in [5.74, 6) is 2.55. The fourth-order valence-corrected chi connectivity index (χ4v) is 4.28. The van der Waals surface area contributed by atoms with E-state index >= 15 is 0 Å². The standard InChI is InChI=1S/C25H31N5/c1-26-25(29-23-14-12-22(13-15-23)21-10-6-3-7-11-21)28-18-24-27-16-17-30(24)19-20-8-4-2-5-9-20/h2-11,16-17,22-23H,12-15,18-19H2,1H3,(H2,26,28,29). The van der Waals surface area contributed by atoms with Gasteiger partial charge in [0.1, 0.15) is 5.82 Å². The Kier molecular flexibility index (Phi) is 6.80. The van der Waals surface area contributed by atoms with Crippen LogP contribution < -0.4 is 10.6 Å². The molecule has 1 saturated carbocycles. The zero-order valence-corrected chi connectivity index (χ0v) is 17.7. The first-order chi connectivity index (χ1) is 14.8. The van der Waals surface area contributed by atoms with E-state index in [0.717, 1.165) is 18.3 Å². The second kappa shape index (κ2) is 10.1. The summed E-state index contributed by atoms with van der Waals surface area (Å²) in [5, 5.41) is 7.05. The van der Waals surface area contributed by atoms with Crippen molar-refractivity contribution in [2.45, 2.75) is 50.7 Å². The molecule has 5 nitrogen and oxygen atoms in total. The average molecular weight is 402 g/mol. The molecule has 30 heavy (non-hydrogen) atoms. The highest BCUT2D eigenvalue weighted by atomic mass is 15.2. The number of aromatic nitrogens is 2. The molecule has 0 saturated heterocycles. The van der Waals surface area contributed by atoms with Crippen molar-refractivity contribution in [2.75, 3.05) is 7.05 Å². The van der Waals surface area contributed by atoms with Gasteiger partial charge in [-0.2, -0.15) is 0 Å². The summed E-state index contributed by atoms with van der Waals surface area (Å²) in [6.07, 6.45) is 8.68. The van der Waals surface area contributed by atoms with Crippen molar-refractivity contribution in [3.8, 4) is 0 Å². The van der Waals surface area contributed by atoms with E-state index in [-0.39, 0.29) is 0 Å². The SMILES string of the molecule is CN=C(NCc1nccn1Cc1ccccc1)NC1CCC(c2ccccc2)CC1. The van der Waals surface area contributed by atoms with E-state index in [1.54, 1.807) is 0 Å². The fourth-order valence-electron chi connectivity index (χ4n) is 4.28. The van der Waals surface area contributed by atoms with E-state index in [1.165, 1.54) is 36.8 Å². The fraction of sp³-hybridized carbons (Fsp3) is 0.360. The third kappa shape index (κ3) is 5.29. The second-order valence-corrected chi connectivity index (χ2v) is 7.99. The number of nitrogens with zero attached hydrogens (tertiary/aromatic N) is 3. The van der Waals surface area contributed by atoms with Crippen molar-refractivity contribution in [3.63, 3.8) is 0 Å². The molecule has 0 aliphatic heterocycles. The highest BCUT2D eigenvalue weighted by Gasteiger charge is 2.22. The lowest BCUT2D eigenvalue weighted by Gasteiger charge is -2.30. The lowest BCUT2D eigenvalue weighted by Crippen LogP contribution is -2.44. The summed E-state index contributed by atoms with van der Waals surface area (Å²) in [4.78, 5) is 8.96. The molecular weight excluding hydrogens is 370 g/mol. The molecule has 0 spiro atoms. The summed E-state index contributed by atoms with van der Waals surface area (Å²) in [6.45, 7) is 1.48. The van der Waals surface area contributed by atoms with Crippen LogP contribution >= 0.6 is 0 Å². The summed E-state index contributed by atoms with van der Waals surface area (Å²) in [6, 6.07) is 21.9. The summed E-state index contributed by atoms with van der Waals surface area (Å²) >= 11 is 0. The lowest BCUT2D eigenvalue weighted by molar-refractivity contribution is 0.371. The van der Waals surface area contributed by atoms with Crippen LogP contribution in [0.1, 0.15) is 48.6 Å². The van der Waals surface area contributed by atoms with Crippen molar-refractivity contribution < 1.29 is 0 Å². The second-order valence-electron chi connectivity index (χ2n) is 7.99. The van der Waals surface area contributed by atoms with E-state index in [9.17, 15) is 0 Å². The van der Waals surface area contributed by atoms with Gasteiger partial charge in [-0.25, -0.2) is 4.98 Å². The number of nitrogens with one attached hydrogen (secondary N) is 2. The average Bonchev–Trinajstić information content (AvgIpc) is 3.25. The minimum atomic E-state index is 0.472. The van der Waals surface area contributed by atoms with Gasteiger partial charge in [0.25, 0.3) is 0 Å². The minimum absolute atomic E-state index is 0.472. The predicted octanol–water partition coefficient (Wildman–Crippen LogP) is 4.32. The summed E-state index contributed by atoms with van der Waals surface area (Å²) < 4.78 is 2.18. The first-order valence-corrected chi connectivity index (χ1v) is 10.9. The van der Waals surface area contributed by atoms with E-state index < -0.39 is 0 Å². The van der Waals surface area contributed by atoms with Crippen LogP contribution in [-0.2, 0) is 13.1 Å². The number of rotatable bonds is 6. The van der Waals surface area contributed by atoms with Gasteiger partial charge in [-0.05, 0) is 42.7 Å². The molecule has 0 unspecified atom stereocenters. The van der Waals surface area contributed by atoms with E-state index in [4.69, 9.17) is 0 Å². The van der Waals surface area contributed by atoms with Gasteiger partial charge in [-0.15, -0.1) is 0 Å². The Morgan fingerprint density at radius 1 is 1.00 bits per heavy atom. The number of benzene rings is 2. The molecule has 0 atom stereocenters. The summed E-state index contributed by atoms with van der Waals surface area (Å²) in [5.41, 5.74) is 2.75. The highest BCUT2D eigenvalue weighted by molar-refractivity contribution is 5.79. The van der Waals surface area contributed by atoms with Crippen molar-refractivity contribution in [1.29, 1.82) is 0 Å². The normalized spacial score (nSPS) is 19.4. The van der Waals surface area contributed by atoms with Gasteiger partial charge in [0.05, 0.1) is 6.54 Å². The first kappa shape index (κ1) is 20.2. The van der Waals surface area contributed by atoms with E-state index in [0.29, 0.717) is 18.5 Å². The molecule has 2 N–H and O–H groups in total. The third-order valence-corrected chi connectivity index (χ3v) is 5.97. The minimum Gasteiger partial charge on any atom is -0.354 e.